The second-order valence-electron chi connectivity index (χ2n) is 7.19. The van der Waals surface area contributed by atoms with Crippen LogP contribution in [0.2, 0.25) is 0 Å². The van der Waals surface area contributed by atoms with E-state index in [0.29, 0.717) is 13.1 Å². The molecule has 2 rings (SSSR count). The van der Waals surface area contributed by atoms with Crippen LogP contribution in [0.25, 0.3) is 0 Å². The second kappa shape index (κ2) is 8.71. The largest absolute Gasteiger partial charge is 0.452 e. The average Bonchev–Trinajstić information content (AvgIpc) is 2.71. The Morgan fingerprint density at radius 3 is 2.50 bits per heavy atom. The van der Waals surface area contributed by atoms with Crippen LogP contribution in [-0.2, 0) is 19.6 Å². The van der Waals surface area contributed by atoms with Gasteiger partial charge in [0.15, 0.2) is 6.61 Å². The molecule has 0 unspecified atom stereocenters. The number of hydrogen-bond acceptors (Lipinski definition) is 6. The van der Waals surface area contributed by atoms with E-state index in [-0.39, 0.29) is 10.5 Å². The van der Waals surface area contributed by atoms with Crippen LogP contribution in [0.15, 0.2) is 29.2 Å². The fraction of sp³-hybridized carbons (Fsp3) is 0.526. The molecule has 0 radical (unpaired) electrons. The Bertz CT molecular complexity index is 883. The lowest BCUT2D eigenvalue weighted by molar-refractivity contribution is -0.136. The molecule has 28 heavy (non-hydrogen) atoms. The fourth-order valence-corrected chi connectivity index (χ4v) is 4.30. The minimum atomic E-state index is -3.67. The van der Waals surface area contributed by atoms with Gasteiger partial charge < -0.3 is 9.64 Å². The van der Waals surface area contributed by atoms with Crippen molar-refractivity contribution in [2.24, 2.45) is 0 Å². The summed E-state index contributed by atoms with van der Waals surface area (Å²) in [4.78, 5) is 25.6. The van der Waals surface area contributed by atoms with Crippen LogP contribution in [0.1, 0.15) is 43.5 Å². The molecule has 1 aliphatic rings. The Morgan fingerprint density at radius 1 is 1.25 bits per heavy atom. The summed E-state index contributed by atoms with van der Waals surface area (Å²) in [6.07, 6.45) is 2.63. The maximum atomic E-state index is 12.7. The molecule has 0 aromatic heterocycles. The van der Waals surface area contributed by atoms with E-state index >= 15 is 0 Å². The number of nitrogens with zero attached hydrogens (tertiary/aromatic N) is 3. The van der Waals surface area contributed by atoms with E-state index < -0.39 is 34.0 Å². The van der Waals surface area contributed by atoms with Crippen molar-refractivity contribution in [1.29, 1.82) is 5.26 Å². The molecule has 0 aliphatic carbocycles. The smallest absolute Gasteiger partial charge is 0.338 e. The molecular weight excluding hydrogens is 382 g/mol. The van der Waals surface area contributed by atoms with Crippen LogP contribution in [0.5, 0.6) is 0 Å². The molecule has 1 saturated heterocycles. The van der Waals surface area contributed by atoms with Crippen LogP contribution in [0, 0.1) is 11.3 Å². The van der Waals surface area contributed by atoms with Crippen LogP contribution < -0.4 is 0 Å². The van der Waals surface area contributed by atoms with Crippen LogP contribution >= 0.6 is 0 Å². The predicted molar refractivity (Wildman–Crippen MR) is 102 cm³/mol. The molecule has 8 nitrogen and oxygen atoms in total. The molecule has 1 fully saturated rings. The Morgan fingerprint density at radius 2 is 1.89 bits per heavy atom. The summed E-state index contributed by atoms with van der Waals surface area (Å²) in [5.74, 6) is -1.33. The van der Waals surface area contributed by atoms with Crippen LogP contribution in [-0.4, -0.2) is 61.8 Å². The number of esters is 1. The van der Waals surface area contributed by atoms with Crippen molar-refractivity contribution in [2.45, 2.75) is 43.5 Å². The highest BCUT2D eigenvalue weighted by atomic mass is 32.2. The van der Waals surface area contributed by atoms with E-state index in [0.717, 1.165) is 19.3 Å². The predicted octanol–water partition coefficient (Wildman–Crippen LogP) is 1.78. The number of likely N-dealkylation sites (N-methyl/N-ethyl adjacent to an activating group) is 1. The van der Waals surface area contributed by atoms with Gasteiger partial charge in [-0.25, -0.2) is 13.2 Å². The number of ether oxygens (including phenoxy) is 1. The summed E-state index contributed by atoms with van der Waals surface area (Å²) in [5.41, 5.74) is -0.987. The number of carbonyl (C=O) groups is 2. The fourth-order valence-electron chi connectivity index (χ4n) is 2.73. The van der Waals surface area contributed by atoms with Gasteiger partial charge in [0.25, 0.3) is 5.91 Å². The van der Waals surface area contributed by atoms with Gasteiger partial charge in [0.2, 0.25) is 10.0 Å². The molecule has 1 heterocycles. The standard InChI is InChI=1S/C19H25N3O5S/c1-19(2,14-20)21(3)17(23)13-27-18(24)15-8-7-9-16(12-15)28(25,26)22-10-5-4-6-11-22/h7-9,12H,4-6,10-11,13H2,1-3H3. The lowest BCUT2D eigenvalue weighted by Crippen LogP contribution is -2.45. The van der Waals surface area contributed by atoms with Crippen molar-refractivity contribution < 1.29 is 22.7 Å². The zero-order valence-corrected chi connectivity index (χ0v) is 17.2. The number of amides is 1. The maximum absolute atomic E-state index is 12.7. The first-order chi connectivity index (χ1) is 13.1. The third-order valence-corrected chi connectivity index (χ3v) is 6.73. The third kappa shape index (κ3) is 4.88. The van der Waals surface area contributed by atoms with E-state index in [9.17, 15) is 18.0 Å². The normalized spacial score (nSPS) is 15.5. The first kappa shape index (κ1) is 21.9. The van der Waals surface area contributed by atoms with E-state index in [4.69, 9.17) is 10.00 Å². The topological polar surface area (TPSA) is 108 Å². The van der Waals surface area contributed by atoms with Crippen molar-refractivity contribution in [2.75, 3.05) is 26.7 Å². The molecular formula is C19H25N3O5S. The van der Waals surface area contributed by atoms with Gasteiger partial charge in [-0.3, -0.25) is 4.79 Å². The number of carbonyl (C=O) groups excluding carboxylic acids is 2. The van der Waals surface area contributed by atoms with E-state index in [2.05, 4.69) is 0 Å². The molecule has 9 heteroatoms. The molecule has 152 valence electrons. The molecule has 1 aliphatic heterocycles. The van der Waals surface area contributed by atoms with Crippen molar-refractivity contribution in [3.05, 3.63) is 29.8 Å². The average molecular weight is 407 g/mol. The van der Waals surface area contributed by atoms with Crippen molar-refractivity contribution in [3.8, 4) is 6.07 Å². The molecule has 0 bridgehead atoms. The summed E-state index contributed by atoms with van der Waals surface area (Å²) in [7, 11) is -2.22. The molecule has 0 saturated carbocycles. The quantitative estimate of drug-likeness (QED) is 0.665. The number of nitriles is 1. The Kier molecular flexibility index (Phi) is 6.80. The Labute approximate surface area is 165 Å². The highest BCUT2D eigenvalue weighted by Gasteiger charge is 2.29. The number of benzene rings is 1. The number of hydrogen-bond donors (Lipinski definition) is 0. The van der Waals surface area contributed by atoms with Gasteiger partial charge in [0, 0.05) is 20.1 Å². The van der Waals surface area contributed by atoms with Gasteiger partial charge in [-0.05, 0) is 44.9 Å². The molecule has 1 aromatic carbocycles. The first-order valence-electron chi connectivity index (χ1n) is 9.05. The van der Waals surface area contributed by atoms with Crippen LogP contribution in [0.3, 0.4) is 0 Å². The van der Waals surface area contributed by atoms with Gasteiger partial charge in [-0.15, -0.1) is 0 Å². The van der Waals surface area contributed by atoms with E-state index in [1.807, 2.05) is 6.07 Å². The number of piperidine rings is 1. The van der Waals surface area contributed by atoms with Crippen molar-refractivity contribution >= 4 is 21.9 Å². The lowest BCUT2D eigenvalue weighted by atomic mass is 10.1. The van der Waals surface area contributed by atoms with E-state index in [1.165, 1.54) is 40.5 Å². The molecule has 0 atom stereocenters. The summed E-state index contributed by atoms with van der Waals surface area (Å²) in [5, 5.41) is 9.07. The van der Waals surface area contributed by atoms with Gasteiger partial charge in [-0.2, -0.15) is 9.57 Å². The third-order valence-electron chi connectivity index (χ3n) is 4.84. The maximum Gasteiger partial charge on any atom is 0.338 e. The number of rotatable bonds is 6. The second-order valence-corrected chi connectivity index (χ2v) is 9.13. The van der Waals surface area contributed by atoms with Crippen molar-refractivity contribution in [3.63, 3.8) is 0 Å². The van der Waals surface area contributed by atoms with Gasteiger partial charge in [0.1, 0.15) is 5.54 Å². The van der Waals surface area contributed by atoms with Gasteiger partial charge >= 0.3 is 5.97 Å². The van der Waals surface area contributed by atoms with Crippen LogP contribution in [0.4, 0.5) is 0 Å². The summed E-state index contributed by atoms with van der Waals surface area (Å²) in [6.45, 7) is 3.53. The zero-order valence-electron chi connectivity index (χ0n) is 16.3. The monoisotopic (exact) mass is 407 g/mol. The lowest BCUT2D eigenvalue weighted by Gasteiger charge is -2.28. The summed E-state index contributed by atoms with van der Waals surface area (Å²) < 4.78 is 31.9. The first-order valence-corrected chi connectivity index (χ1v) is 10.5. The van der Waals surface area contributed by atoms with E-state index in [1.54, 1.807) is 13.8 Å². The molecule has 0 N–H and O–H groups in total. The van der Waals surface area contributed by atoms with Crippen molar-refractivity contribution in [1.82, 2.24) is 9.21 Å². The summed E-state index contributed by atoms with van der Waals surface area (Å²) >= 11 is 0. The highest BCUT2D eigenvalue weighted by molar-refractivity contribution is 7.89. The number of sulfonamides is 1. The summed E-state index contributed by atoms with van der Waals surface area (Å²) in [6, 6.07) is 7.60. The van der Waals surface area contributed by atoms with Gasteiger partial charge in [0.05, 0.1) is 16.5 Å². The zero-order chi connectivity index (χ0) is 20.9. The Hall–Kier alpha value is -2.44. The highest BCUT2D eigenvalue weighted by Crippen LogP contribution is 2.21. The molecule has 1 aromatic rings. The molecule has 0 spiro atoms. The molecule has 1 amide bonds. The minimum absolute atomic E-state index is 0.0258. The van der Waals surface area contributed by atoms with Gasteiger partial charge in [-0.1, -0.05) is 12.5 Å². The Balaban J connectivity index is 2.08. The minimum Gasteiger partial charge on any atom is -0.452 e. The SMILES string of the molecule is CN(C(=O)COC(=O)c1cccc(S(=O)(=O)N2CCCCC2)c1)C(C)(C)C#N.